The lowest BCUT2D eigenvalue weighted by atomic mass is 9.97. The second kappa shape index (κ2) is 10.1. The minimum Gasteiger partial charge on any atom is -0.341 e. The number of carbonyl (C=O) groups is 1. The molecule has 154 valence electrons. The van der Waals surface area contributed by atoms with E-state index in [4.69, 9.17) is 0 Å². The summed E-state index contributed by atoms with van der Waals surface area (Å²) in [4.78, 5) is 14.4. The zero-order valence-electron chi connectivity index (χ0n) is 17.5. The number of benzene rings is 4. The Morgan fingerprint density at radius 3 is 2.03 bits per heavy atom. The SMILES string of the molecule is Cc1ccc([C@@H](NC(=O)c2ccccc2SCc2ccccc2)c2ccccc2)cc1. The number of hydrogen-bond donors (Lipinski definition) is 1. The molecule has 3 heteroatoms. The van der Waals surface area contributed by atoms with Gasteiger partial charge in [-0.2, -0.15) is 0 Å². The summed E-state index contributed by atoms with van der Waals surface area (Å²) in [5.41, 5.74) is 5.28. The predicted molar refractivity (Wildman–Crippen MR) is 129 cm³/mol. The van der Waals surface area contributed by atoms with Gasteiger partial charge in [0, 0.05) is 10.6 Å². The lowest BCUT2D eigenvalue weighted by Gasteiger charge is -2.21. The van der Waals surface area contributed by atoms with Crippen LogP contribution in [0.3, 0.4) is 0 Å². The Morgan fingerprint density at radius 1 is 0.742 bits per heavy atom. The number of nitrogens with one attached hydrogen (secondary N) is 1. The van der Waals surface area contributed by atoms with Crippen LogP contribution in [0.2, 0.25) is 0 Å². The van der Waals surface area contributed by atoms with Gasteiger partial charge in [0.05, 0.1) is 11.6 Å². The first-order valence-electron chi connectivity index (χ1n) is 10.4. The Balaban J connectivity index is 1.58. The monoisotopic (exact) mass is 423 g/mol. The lowest BCUT2D eigenvalue weighted by Crippen LogP contribution is -2.29. The van der Waals surface area contributed by atoms with E-state index in [2.05, 4.69) is 60.8 Å². The van der Waals surface area contributed by atoms with Crippen LogP contribution in [0.25, 0.3) is 0 Å². The van der Waals surface area contributed by atoms with Crippen LogP contribution >= 0.6 is 11.8 Å². The van der Waals surface area contributed by atoms with Crippen LogP contribution in [-0.4, -0.2) is 5.91 Å². The fourth-order valence-corrected chi connectivity index (χ4v) is 4.49. The maximum atomic E-state index is 13.4. The molecule has 0 saturated heterocycles. The number of hydrogen-bond acceptors (Lipinski definition) is 2. The maximum absolute atomic E-state index is 13.4. The first-order valence-corrected chi connectivity index (χ1v) is 11.4. The Morgan fingerprint density at radius 2 is 1.32 bits per heavy atom. The van der Waals surface area contributed by atoms with E-state index in [9.17, 15) is 4.79 Å². The summed E-state index contributed by atoms with van der Waals surface area (Å²) in [5.74, 6) is 0.760. The minimum atomic E-state index is -0.207. The number of carbonyl (C=O) groups excluding carboxylic acids is 1. The summed E-state index contributed by atoms with van der Waals surface area (Å²) >= 11 is 1.69. The van der Waals surface area contributed by atoms with Gasteiger partial charge in [0.25, 0.3) is 5.91 Å². The fourth-order valence-electron chi connectivity index (χ4n) is 3.49. The summed E-state index contributed by atoms with van der Waals surface area (Å²) in [6.07, 6.45) is 0. The molecule has 0 aromatic heterocycles. The van der Waals surface area contributed by atoms with Gasteiger partial charge in [-0.05, 0) is 35.7 Å². The summed E-state index contributed by atoms with van der Waals surface area (Å²) in [6, 6.07) is 36.4. The molecule has 0 saturated carbocycles. The van der Waals surface area contributed by atoms with Crippen LogP contribution in [-0.2, 0) is 5.75 Å². The molecule has 4 aromatic rings. The van der Waals surface area contributed by atoms with Crippen LogP contribution in [0.1, 0.15) is 38.7 Å². The molecule has 1 N–H and O–H groups in total. The van der Waals surface area contributed by atoms with Gasteiger partial charge in [-0.15, -0.1) is 11.8 Å². The molecule has 0 spiro atoms. The average Bonchev–Trinajstić information content (AvgIpc) is 2.83. The minimum absolute atomic E-state index is 0.0643. The Kier molecular flexibility index (Phi) is 6.85. The van der Waals surface area contributed by atoms with Gasteiger partial charge in [-0.1, -0.05) is 103 Å². The topological polar surface area (TPSA) is 29.1 Å². The smallest absolute Gasteiger partial charge is 0.253 e. The fraction of sp³-hybridized carbons (Fsp3) is 0.107. The molecular weight excluding hydrogens is 398 g/mol. The van der Waals surface area contributed by atoms with Crippen molar-refractivity contribution in [2.75, 3.05) is 0 Å². The summed E-state index contributed by atoms with van der Waals surface area (Å²) in [5, 5.41) is 3.27. The third-order valence-corrected chi connectivity index (χ3v) is 6.33. The Bertz CT molecular complexity index is 1120. The number of amides is 1. The van der Waals surface area contributed by atoms with Crippen LogP contribution in [0.15, 0.2) is 114 Å². The second-order valence-corrected chi connectivity index (χ2v) is 8.52. The first-order chi connectivity index (χ1) is 15.2. The number of thioether (sulfide) groups is 1. The molecular formula is C28H25NOS. The molecule has 0 radical (unpaired) electrons. The second-order valence-electron chi connectivity index (χ2n) is 7.50. The first kappa shape index (κ1) is 21.0. The third kappa shape index (κ3) is 5.44. The van der Waals surface area contributed by atoms with Crippen molar-refractivity contribution in [2.24, 2.45) is 0 Å². The van der Waals surface area contributed by atoms with E-state index >= 15 is 0 Å². The Hall–Kier alpha value is -3.30. The van der Waals surface area contributed by atoms with Crippen LogP contribution in [0.4, 0.5) is 0 Å². The van der Waals surface area contributed by atoms with E-state index in [0.29, 0.717) is 5.56 Å². The number of aryl methyl sites for hydroxylation is 1. The van der Waals surface area contributed by atoms with Crippen molar-refractivity contribution in [3.8, 4) is 0 Å². The molecule has 2 nitrogen and oxygen atoms in total. The average molecular weight is 424 g/mol. The molecule has 0 heterocycles. The molecule has 1 atom stereocenters. The van der Waals surface area contributed by atoms with E-state index in [1.165, 1.54) is 11.1 Å². The van der Waals surface area contributed by atoms with Gasteiger partial charge in [0.2, 0.25) is 0 Å². The van der Waals surface area contributed by atoms with Gasteiger partial charge in [0.15, 0.2) is 0 Å². The van der Waals surface area contributed by atoms with E-state index < -0.39 is 0 Å². The molecule has 0 aliphatic heterocycles. The quantitative estimate of drug-likeness (QED) is 0.331. The van der Waals surface area contributed by atoms with Crippen LogP contribution in [0, 0.1) is 6.92 Å². The zero-order chi connectivity index (χ0) is 21.5. The summed E-state index contributed by atoms with van der Waals surface area (Å²) < 4.78 is 0. The van der Waals surface area contributed by atoms with Crippen molar-refractivity contribution in [1.82, 2.24) is 5.32 Å². The van der Waals surface area contributed by atoms with Crippen LogP contribution < -0.4 is 5.32 Å². The molecule has 4 rings (SSSR count). The van der Waals surface area contributed by atoms with Crippen molar-refractivity contribution >= 4 is 17.7 Å². The highest BCUT2D eigenvalue weighted by Gasteiger charge is 2.19. The molecule has 0 aliphatic carbocycles. The summed E-state index contributed by atoms with van der Waals surface area (Å²) in [6.45, 7) is 2.07. The third-order valence-electron chi connectivity index (χ3n) is 5.19. The molecule has 4 aromatic carbocycles. The van der Waals surface area contributed by atoms with E-state index in [0.717, 1.165) is 21.8 Å². The summed E-state index contributed by atoms with van der Waals surface area (Å²) in [7, 11) is 0. The molecule has 1 amide bonds. The normalized spacial score (nSPS) is 11.6. The van der Waals surface area contributed by atoms with Gasteiger partial charge in [-0.3, -0.25) is 4.79 Å². The van der Waals surface area contributed by atoms with E-state index in [1.54, 1.807) is 11.8 Å². The van der Waals surface area contributed by atoms with Gasteiger partial charge < -0.3 is 5.32 Å². The molecule has 0 fully saturated rings. The zero-order valence-corrected chi connectivity index (χ0v) is 18.3. The number of rotatable bonds is 7. The highest BCUT2D eigenvalue weighted by molar-refractivity contribution is 7.98. The van der Waals surface area contributed by atoms with Gasteiger partial charge >= 0.3 is 0 Å². The van der Waals surface area contributed by atoms with E-state index in [-0.39, 0.29) is 11.9 Å². The Labute approximate surface area is 188 Å². The van der Waals surface area contributed by atoms with Crippen molar-refractivity contribution in [3.05, 3.63) is 137 Å². The van der Waals surface area contributed by atoms with Gasteiger partial charge in [-0.25, -0.2) is 0 Å². The largest absolute Gasteiger partial charge is 0.341 e. The van der Waals surface area contributed by atoms with Crippen molar-refractivity contribution in [3.63, 3.8) is 0 Å². The molecule has 0 unspecified atom stereocenters. The molecule has 31 heavy (non-hydrogen) atoms. The molecule has 0 bridgehead atoms. The maximum Gasteiger partial charge on any atom is 0.253 e. The van der Waals surface area contributed by atoms with Gasteiger partial charge in [0.1, 0.15) is 0 Å². The van der Waals surface area contributed by atoms with Crippen molar-refractivity contribution < 1.29 is 4.79 Å². The van der Waals surface area contributed by atoms with Crippen LogP contribution in [0.5, 0.6) is 0 Å². The van der Waals surface area contributed by atoms with Crippen molar-refractivity contribution in [2.45, 2.75) is 23.6 Å². The predicted octanol–water partition coefficient (Wildman–Crippen LogP) is 6.81. The highest BCUT2D eigenvalue weighted by atomic mass is 32.2. The highest BCUT2D eigenvalue weighted by Crippen LogP contribution is 2.28. The van der Waals surface area contributed by atoms with E-state index in [1.807, 2.05) is 60.7 Å². The molecule has 0 aliphatic rings. The lowest BCUT2D eigenvalue weighted by molar-refractivity contribution is 0.0940. The van der Waals surface area contributed by atoms with Crippen molar-refractivity contribution in [1.29, 1.82) is 0 Å². The standard InChI is InChI=1S/C28H25NOS/c1-21-16-18-24(19-17-21)27(23-12-6-3-7-13-23)29-28(30)25-14-8-9-15-26(25)31-20-22-10-4-2-5-11-22/h2-19,27H,20H2,1H3,(H,29,30)/t27-/m0/s1.